The third-order valence-electron chi connectivity index (χ3n) is 3.90. The number of rotatable bonds is 7. The fraction of sp³-hybridized carbons (Fsp3) is 0.316. The van der Waals surface area contributed by atoms with Gasteiger partial charge >= 0.3 is 0 Å². The molecule has 0 radical (unpaired) electrons. The minimum Gasteiger partial charge on any atom is -0.325 e. The zero-order valence-electron chi connectivity index (χ0n) is 15.4. The van der Waals surface area contributed by atoms with Gasteiger partial charge in [-0.25, -0.2) is 4.39 Å². The monoisotopic (exact) mass is 404 g/mol. The summed E-state index contributed by atoms with van der Waals surface area (Å²) in [5.74, 6) is 0.517. The Labute approximate surface area is 166 Å². The number of thioether (sulfide) groups is 1. The fourth-order valence-corrected chi connectivity index (χ4v) is 4.26. The van der Waals surface area contributed by atoms with Gasteiger partial charge in [-0.1, -0.05) is 18.7 Å². The number of nitrogens with zero attached hydrogens (tertiary/aromatic N) is 3. The maximum atomic E-state index is 12.9. The summed E-state index contributed by atoms with van der Waals surface area (Å²) in [5.41, 5.74) is 1.62. The molecule has 2 heterocycles. The summed E-state index contributed by atoms with van der Waals surface area (Å²) in [7, 11) is 0. The van der Waals surface area contributed by atoms with Crippen molar-refractivity contribution in [1.29, 1.82) is 0 Å². The van der Waals surface area contributed by atoms with E-state index in [0.29, 0.717) is 10.8 Å². The third kappa shape index (κ3) is 4.75. The molecule has 3 aromatic rings. The van der Waals surface area contributed by atoms with Crippen LogP contribution < -0.4 is 5.32 Å². The Hall–Kier alpha value is -2.19. The maximum Gasteiger partial charge on any atom is 0.234 e. The van der Waals surface area contributed by atoms with Crippen LogP contribution in [0.15, 0.2) is 40.9 Å². The first-order valence-electron chi connectivity index (χ1n) is 8.68. The zero-order chi connectivity index (χ0) is 19.4. The van der Waals surface area contributed by atoms with Crippen molar-refractivity contribution in [3.05, 3.63) is 46.4 Å². The molecule has 1 N–H and O–H groups in total. The number of aromatic nitrogens is 3. The van der Waals surface area contributed by atoms with E-state index >= 15 is 0 Å². The number of hydrogen-bond donors (Lipinski definition) is 1. The molecule has 0 aliphatic heterocycles. The van der Waals surface area contributed by atoms with Crippen LogP contribution in [-0.2, 0) is 11.2 Å². The number of carbonyl (C=O) groups is 1. The van der Waals surface area contributed by atoms with Crippen molar-refractivity contribution in [3.8, 4) is 11.4 Å². The number of halogens is 1. The van der Waals surface area contributed by atoms with Gasteiger partial charge in [0.2, 0.25) is 5.91 Å². The smallest absolute Gasteiger partial charge is 0.234 e. The van der Waals surface area contributed by atoms with Gasteiger partial charge in [0, 0.05) is 27.5 Å². The Morgan fingerprint density at radius 1 is 1.30 bits per heavy atom. The van der Waals surface area contributed by atoms with Crippen LogP contribution in [0.3, 0.4) is 0 Å². The van der Waals surface area contributed by atoms with Gasteiger partial charge < -0.3 is 5.32 Å². The van der Waals surface area contributed by atoms with Crippen molar-refractivity contribution in [3.63, 3.8) is 0 Å². The van der Waals surface area contributed by atoms with Gasteiger partial charge in [0.05, 0.1) is 5.75 Å². The molecule has 5 nitrogen and oxygen atoms in total. The van der Waals surface area contributed by atoms with E-state index in [4.69, 9.17) is 0 Å². The molecule has 142 valence electrons. The van der Waals surface area contributed by atoms with Gasteiger partial charge in [0.15, 0.2) is 11.0 Å². The summed E-state index contributed by atoms with van der Waals surface area (Å²) in [4.78, 5) is 13.5. The molecule has 0 aliphatic carbocycles. The predicted molar refractivity (Wildman–Crippen MR) is 109 cm³/mol. The van der Waals surface area contributed by atoms with Crippen LogP contribution in [0.5, 0.6) is 0 Å². The summed E-state index contributed by atoms with van der Waals surface area (Å²) in [6.45, 7) is 6.27. The topological polar surface area (TPSA) is 59.8 Å². The summed E-state index contributed by atoms with van der Waals surface area (Å²) in [6.07, 6.45) is 0.992. The molecule has 0 aliphatic rings. The van der Waals surface area contributed by atoms with Crippen molar-refractivity contribution >= 4 is 34.7 Å². The predicted octanol–water partition coefficient (Wildman–Crippen LogP) is 5.02. The highest BCUT2D eigenvalue weighted by atomic mass is 32.2. The number of benzene rings is 1. The van der Waals surface area contributed by atoms with Gasteiger partial charge in [-0.3, -0.25) is 9.36 Å². The van der Waals surface area contributed by atoms with Crippen molar-refractivity contribution in [2.24, 2.45) is 0 Å². The van der Waals surface area contributed by atoms with Crippen LogP contribution in [0, 0.1) is 5.82 Å². The molecule has 0 saturated carbocycles. The third-order valence-corrected chi connectivity index (χ3v) is 5.93. The summed E-state index contributed by atoms with van der Waals surface area (Å²) in [5, 5.41) is 14.2. The number of carbonyl (C=O) groups excluding carboxylic acids is 1. The first-order chi connectivity index (χ1) is 13.0. The lowest BCUT2D eigenvalue weighted by Crippen LogP contribution is -2.15. The van der Waals surface area contributed by atoms with Crippen molar-refractivity contribution < 1.29 is 9.18 Å². The summed E-state index contributed by atoms with van der Waals surface area (Å²) in [6, 6.07) is 8.01. The van der Waals surface area contributed by atoms with E-state index in [9.17, 15) is 9.18 Å². The normalized spacial score (nSPS) is 11.1. The highest BCUT2D eigenvalue weighted by Crippen LogP contribution is 2.30. The lowest BCUT2D eigenvalue weighted by molar-refractivity contribution is -0.113. The van der Waals surface area contributed by atoms with Gasteiger partial charge in [-0.2, -0.15) is 0 Å². The van der Waals surface area contributed by atoms with E-state index in [1.54, 1.807) is 11.3 Å². The molecule has 8 heteroatoms. The molecule has 1 aromatic carbocycles. The minimum atomic E-state index is -0.334. The quantitative estimate of drug-likeness (QED) is 0.562. The van der Waals surface area contributed by atoms with Crippen LogP contribution in [0.4, 0.5) is 10.1 Å². The fourth-order valence-electron chi connectivity index (χ4n) is 2.58. The average molecular weight is 405 g/mol. The van der Waals surface area contributed by atoms with Crippen molar-refractivity contribution in [1.82, 2.24) is 14.8 Å². The van der Waals surface area contributed by atoms with E-state index in [2.05, 4.69) is 52.3 Å². The second-order valence-corrected chi connectivity index (χ2v) is 8.21. The molecule has 1 amide bonds. The molecule has 0 saturated heterocycles. The Kier molecular flexibility index (Phi) is 6.28. The van der Waals surface area contributed by atoms with E-state index < -0.39 is 0 Å². The number of nitrogens with one attached hydrogen (secondary N) is 1. The second kappa shape index (κ2) is 8.67. The highest BCUT2D eigenvalue weighted by molar-refractivity contribution is 7.99. The van der Waals surface area contributed by atoms with E-state index in [0.717, 1.165) is 17.8 Å². The first-order valence-corrected chi connectivity index (χ1v) is 10.5. The highest BCUT2D eigenvalue weighted by Gasteiger charge is 2.18. The summed E-state index contributed by atoms with van der Waals surface area (Å²) >= 11 is 3.06. The molecule has 0 fully saturated rings. The molecular weight excluding hydrogens is 383 g/mol. The largest absolute Gasteiger partial charge is 0.325 e. The Morgan fingerprint density at radius 3 is 2.67 bits per heavy atom. The molecule has 2 aromatic heterocycles. The Bertz CT molecular complexity index is 918. The van der Waals surface area contributed by atoms with E-state index in [1.165, 1.54) is 40.9 Å². The van der Waals surface area contributed by atoms with Crippen LogP contribution in [-0.4, -0.2) is 26.4 Å². The molecule has 27 heavy (non-hydrogen) atoms. The molecule has 0 bridgehead atoms. The molecular formula is C19H21FN4OS2. The first kappa shape index (κ1) is 19.6. The van der Waals surface area contributed by atoms with Gasteiger partial charge in [-0.15, -0.1) is 21.5 Å². The van der Waals surface area contributed by atoms with Crippen LogP contribution >= 0.6 is 23.1 Å². The molecule has 0 spiro atoms. The average Bonchev–Trinajstić information content (AvgIpc) is 3.28. The number of hydrogen-bond acceptors (Lipinski definition) is 5. The lowest BCUT2D eigenvalue weighted by Gasteiger charge is -2.13. The molecule has 0 atom stereocenters. The van der Waals surface area contributed by atoms with Crippen LogP contribution in [0.25, 0.3) is 11.4 Å². The lowest BCUT2D eigenvalue weighted by atomic mass is 10.2. The van der Waals surface area contributed by atoms with Gasteiger partial charge in [0.1, 0.15) is 5.82 Å². The minimum absolute atomic E-state index is 0.169. The Morgan fingerprint density at radius 2 is 2.04 bits per heavy atom. The van der Waals surface area contributed by atoms with Gasteiger partial charge in [-0.05, 0) is 50.6 Å². The molecule has 0 unspecified atom stereocenters. The number of aryl methyl sites for hydroxylation is 1. The van der Waals surface area contributed by atoms with Crippen LogP contribution in [0.2, 0.25) is 0 Å². The Balaban J connectivity index is 1.71. The van der Waals surface area contributed by atoms with Crippen molar-refractivity contribution in [2.45, 2.75) is 38.4 Å². The number of amides is 1. The zero-order valence-corrected chi connectivity index (χ0v) is 17.0. The number of thiophene rings is 1. The second-order valence-electron chi connectivity index (χ2n) is 6.27. The van der Waals surface area contributed by atoms with E-state index in [-0.39, 0.29) is 23.5 Å². The summed E-state index contributed by atoms with van der Waals surface area (Å²) < 4.78 is 15.0. The molecule has 3 rings (SSSR count). The number of anilines is 1. The van der Waals surface area contributed by atoms with Crippen LogP contribution in [0.1, 0.15) is 31.7 Å². The van der Waals surface area contributed by atoms with E-state index in [1.807, 2.05) is 0 Å². The standard InChI is InChI=1S/C19H21FN4OS2/c1-4-16-9-13(10-26-16)18-22-23-19(24(18)12(2)3)27-11-17(25)21-15-7-5-14(20)6-8-15/h5-10,12H,4,11H2,1-3H3,(H,21,25). The maximum absolute atomic E-state index is 12.9. The van der Waals surface area contributed by atoms with Crippen molar-refractivity contribution in [2.75, 3.05) is 11.1 Å². The van der Waals surface area contributed by atoms with Gasteiger partial charge in [0.25, 0.3) is 0 Å². The SMILES string of the molecule is CCc1cc(-c2nnc(SCC(=O)Nc3ccc(F)cc3)n2C(C)C)cs1.